The summed E-state index contributed by atoms with van der Waals surface area (Å²) in [5.74, 6) is -1.71. The zero-order valence-corrected chi connectivity index (χ0v) is 10.8. The maximum absolute atomic E-state index is 11.7. The number of carbonyl (C=O) groups excluding carboxylic acids is 3. The molecule has 7 heteroatoms. The predicted octanol–water partition coefficient (Wildman–Crippen LogP) is 0.836. The lowest BCUT2D eigenvalue weighted by atomic mass is 10.1. The van der Waals surface area contributed by atoms with Crippen molar-refractivity contribution in [2.75, 3.05) is 19.8 Å². The Morgan fingerprint density at radius 1 is 1.45 bits per heavy atom. The molecule has 106 valence electrons. The highest BCUT2D eigenvalue weighted by Gasteiger charge is 2.29. The molecule has 0 bridgehead atoms. The second kappa shape index (κ2) is 5.60. The lowest BCUT2D eigenvalue weighted by Crippen LogP contribution is -2.35. The molecule has 1 aromatic carbocycles. The van der Waals surface area contributed by atoms with E-state index in [4.69, 9.17) is 4.74 Å². The first-order chi connectivity index (χ1) is 9.49. The number of benzene rings is 1. The minimum absolute atomic E-state index is 0.0348. The number of phenolic OH excluding ortho intramolecular Hbond substituents is 1. The Kier molecular flexibility index (Phi) is 3.88. The lowest BCUT2D eigenvalue weighted by Gasteiger charge is -2.11. The van der Waals surface area contributed by atoms with Gasteiger partial charge in [0.25, 0.3) is 5.91 Å². The Labute approximate surface area is 114 Å². The molecule has 0 radical (unpaired) electrons. The maximum Gasteiger partial charge on any atom is 0.416 e. The molecule has 1 N–H and O–H groups in total. The van der Waals surface area contributed by atoms with Crippen LogP contribution >= 0.6 is 0 Å². The van der Waals surface area contributed by atoms with E-state index < -0.39 is 24.6 Å². The van der Waals surface area contributed by atoms with Gasteiger partial charge in [0.1, 0.15) is 17.9 Å². The lowest BCUT2D eigenvalue weighted by molar-refractivity contribution is -0.131. The Hall–Kier alpha value is -2.57. The predicted molar refractivity (Wildman–Crippen MR) is 66.2 cm³/mol. The fraction of sp³-hybridized carbons (Fsp3) is 0.308. The number of aromatic hydroxyl groups is 1. The number of ether oxygens (including phenoxy) is 2. The van der Waals surface area contributed by atoms with E-state index >= 15 is 0 Å². The molecular weight excluding hydrogens is 266 g/mol. The Morgan fingerprint density at radius 2 is 2.20 bits per heavy atom. The molecule has 0 aliphatic carbocycles. The van der Waals surface area contributed by atoms with Crippen molar-refractivity contribution in [3.63, 3.8) is 0 Å². The molecule has 20 heavy (non-hydrogen) atoms. The van der Waals surface area contributed by atoms with Crippen LogP contribution in [-0.2, 0) is 14.3 Å². The van der Waals surface area contributed by atoms with Crippen molar-refractivity contribution in [2.45, 2.75) is 6.92 Å². The zero-order chi connectivity index (χ0) is 14.7. The minimum atomic E-state index is -0.830. The van der Waals surface area contributed by atoms with Crippen LogP contribution in [0.4, 0.5) is 4.79 Å². The van der Waals surface area contributed by atoms with E-state index in [-0.39, 0.29) is 24.5 Å². The SMILES string of the molecule is Cc1ccc(C(=O)OCC(=O)N2CCOC2=O)c(O)c1. The molecule has 0 saturated carbocycles. The Bertz CT molecular complexity index is 568. The third kappa shape index (κ3) is 2.87. The van der Waals surface area contributed by atoms with Gasteiger partial charge < -0.3 is 14.6 Å². The van der Waals surface area contributed by atoms with Crippen LogP contribution in [-0.4, -0.2) is 47.7 Å². The van der Waals surface area contributed by atoms with Gasteiger partial charge in [0.05, 0.1) is 6.54 Å². The van der Waals surface area contributed by atoms with Crippen LogP contribution < -0.4 is 0 Å². The average Bonchev–Trinajstić information content (AvgIpc) is 2.82. The molecule has 1 fully saturated rings. The van der Waals surface area contributed by atoms with E-state index in [9.17, 15) is 19.5 Å². The topological polar surface area (TPSA) is 93.1 Å². The molecule has 1 saturated heterocycles. The Morgan fingerprint density at radius 3 is 2.80 bits per heavy atom. The number of hydrogen-bond acceptors (Lipinski definition) is 6. The number of esters is 1. The fourth-order valence-electron chi connectivity index (χ4n) is 1.72. The molecule has 7 nitrogen and oxygen atoms in total. The molecule has 1 aliphatic heterocycles. The van der Waals surface area contributed by atoms with Gasteiger partial charge in [0.2, 0.25) is 0 Å². The van der Waals surface area contributed by atoms with Gasteiger partial charge in [-0.15, -0.1) is 0 Å². The quantitative estimate of drug-likeness (QED) is 0.824. The number of hydrogen-bond donors (Lipinski definition) is 1. The van der Waals surface area contributed by atoms with E-state index in [2.05, 4.69) is 4.74 Å². The summed E-state index contributed by atoms with van der Waals surface area (Å²) in [6.45, 7) is 1.46. The first-order valence-electron chi connectivity index (χ1n) is 5.93. The largest absolute Gasteiger partial charge is 0.507 e. The van der Waals surface area contributed by atoms with Gasteiger partial charge in [0, 0.05) is 0 Å². The van der Waals surface area contributed by atoms with Crippen LogP contribution in [0.2, 0.25) is 0 Å². The monoisotopic (exact) mass is 279 g/mol. The van der Waals surface area contributed by atoms with Crippen molar-refractivity contribution in [2.24, 2.45) is 0 Å². The van der Waals surface area contributed by atoms with Crippen LogP contribution in [0, 0.1) is 6.92 Å². The highest BCUT2D eigenvalue weighted by molar-refractivity contribution is 5.97. The van der Waals surface area contributed by atoms with Crippen LogP contribution in [0.1, 0.15) is 15.9 Å². The second-order valence-electron chi connectivity index (χ2n) is 4.26. The van der Waals surface area contributed by atoms with Crippen molar-refractivity contribution < 1.29 is 29.0 Å². The average molecular weight is 279 g/mol. The smallest absolute Gasteiger partial charge is 0.416 e. The summed E-state index contributed by atoms with van der Waals surface area (Å²) in [4.78, 5) is 35.3. The second-order valence-corrected chi connectivity index (χ2v) is 4.26. The standard InChI is InChI=1S/C13H13NO6/c1-8-2-3-9(10(15)6-8)12(17)20-7-11(16)14-4-5-19-13(14)18/h2-3,6,15H,4-5,7H2,1H3. The van der Waals surface area contributed by atoms with Crippen LogP contribution in [0.25, 0.3) is 0 Å². The molecule has 2 rings (SSSR count). The van der Waals surface area contributed by atoms with Crippen molar-refractivity contribution in [3.8, 4) is 5.75 Å². The first-order valence-corrected chi connectivity index (χ1v) is 5.93. The third-order valence-electron chi connectivity index (χ3n) is 2.76. The zero-order valence-electron chi connectivity index (χ0n) is 10.8. The first kappa shape index (κ1) is 13.9. The fourth-order valence-corrected chi connectivity index (χ4v) is 1.72. The molecular formula is C13H13NO6. The number of amides is 2. The highest BCUT2D eigenvalue weighted by atomic mass is 16.6. The van der Waals surface area contributed by atoms with Gasteiger partial charge in [-0.05, 0) is 24.6 Å². The molecule has 0 unspecified atom stereocenters. The van der Waals surface area contributed by atoms with Crippen molar-refractivity contribution in [3.05, 3.63) is 29.3 Å². The van der Waals surface area contributed by atoms with Gasteiger partial charge in [-0.3, -0.25) is 4.79 Å². The molecule has 0 atom stereocenters. The van der Waals surface area contributed by atoms with Gasteiger partial charge in [-0.25, -0.2) is 14.5 Å². The van der Waals surface area contributed by atoms with E-state index in [0.29, 0.717) is 0 Å². The number of rotatable bonds is 3. The Balaban J connectivity index is 1.95. The summed E-state index contributed by atoms with van der Waals surface area (Å²) in [5, 5.41) is 9.61. The van der Waals surface area contributed by atoms with Gasteiger partial charge >= 0.3 is 12.1 Å². The van der Waals surface area contributed by atoms with E-state index in [1.54, 1.807) is 13.0 Å². The number of imide groups is 1. The molecule has 1 heterocycles. The van der Waals surface area contributed by atoms with Gasteiger partial charge in [0.15, 0.2) is 6.61 Å². The van der Waals surface area contributed by atoms with Crippen LogP contribution in [0.15, 0.2) is 18.2 Å². The van der Waals surface area contributed by atoms with Crippen molar-refractivity contribution >= 4 is 18.0 Å². The number of phenols is 1. The number of cyclic esters (lactones) is 1. The number of aryl methyl sites for hydroxylation is 1. The molecule has 0 spiro atoms. The number of carbonyl (C=O) groups is 3. The van der Waals surface area contributed by atoms with E-state index in [1.165, 1.54) is 12.1 Å². The molecule has 1 aromatic rings. The van der Waals surface area contributed by atoms with E-state index in [0.717, 1.165) is 10.5 Å². The minimum Gasteiger partial charge on any atom is -0.507 e. The van der Waals surface area contributed by atoms with Gasteiger partial charge in [-0.2, -0.15) is 0 Å². The summed E-state index contributed by atoms with van der Waals surface area (Å²) in [5.41, 5.74) is 0.752. The van der Waals surface area contributed by atoms with E-state index in [1.807, 2.05) is 0 Å². The summed E-state index contributed by atoms with van der Waals surface area (Å²) in [6.07, 6.45) is -0.746. The normalized spacial score (nSPS) is 14.1. The maximum atomic E-state index is 11.7. The molecule has 1 aliphatic rings. The summed E-state index contributed by atoms with van der Waals surface area (Å²) in [6, 6.07) is 4.45. The third-order valence-corrected chi connectivity index (χ3v) is 2.76. The van der Waals surface area contributed by atoms with Crippen LogP contribution in [0.5, 0.6) is 5.75 Å². The summed E-state index contributed by atoms with van der Waals surface area (Å²) in [7, 11) is 0. The van der Waals surface area contributed by atoms with Gasteiger partial charge in [-0.1, -0.05) is 6.07 Å². The highest BCUT2D eigenvalue weighted by Crippen LogP contribution is 2.19. The molecule has 0 aromatic heterocycles. The van der Waals surface area contributed by atoms with Crippen LogP contribution in [0.3, 0.4) is 0 Å². The van der Waals surface area contributed by atoms with Crippen molar-refractivity contribution in [1.82, 2.24) is 4.90 Å². The molecule has 2 amide bonds. The summed E-state index contributed by atoms with van der Waals surface area (Å²) < 4.78 is 9.37. The summed E-state index contributed by atoms with van der Waals surface area (Å²) >= 11 is 0. The van der Waals surface area contributed by atoms with Crippen molar-refractivity contribution in [1.29, 1.82) is 0 Å². The number of nitrogens with zero attached hydrogens (tertiary/aromatic N) is 1.